The number of hydrogen-bond donors (Lipinski definition) is 2. The van der Waals surface area contributed by atoms with Gasteiger partial charge in [-0.3, -0.25) is 4.79 Å². The Labute approximate surface area is 140 Å². The number of thiazole rings is 1. The number of aryl methyl sites for hydroxylation is 1. The number of nitrogens with zero attached hydrogens (tertiary/aromatic N) is 1. The maximum atomic E-state index is 12.2. The first kappa shape index (κ1) is 17.8. The number of aromatic carboxylic acids is 1. The van der Waals surface area contributed by atoms with Crippen LogP contribution in [0.25, 0.3) is 0 Å². The first-order valence-corrected chi connectivity index (χ1v) is 7.66. The van der Waals surface area contributed by atoms with Crippen molar-refractivity contribution in [3.05, 3.63) is 45.4 Å². The summed E-state index contributed by atoms with van der Waals surface area (Å²) in [6.07, 6.45) is 0. The second-order valence-electron chi connectivity index (χ2n) is 4.87. The van der Waals surface area contributed by atoms with Crippen molar-refractivity contribution in [2.45, 2.75) is 26.5 Å². The molecule has 128 valence electrons. The van der Waals surface area contributed by atoms with Gasteiger partial charge in [0.25, 0.3) is 5.91 Å². The van der Waals surface area contributed by atoms with Crippen LogP contribution in [0, 0.1) is 6.92 Å². The Morgan fingerprint density at radius 1 is 1.38 bits per heavy atom. The molecule has 0 fully saturated rings. The fourth-order valence-corrected chi connectivity index (χ4v) is 2.86. The topological polar surface area (TPSA) is 88.5 Å². The van der Waals surface area contributed by atoms with Crippen molar-refractivity contribution >= 4 is 23.2 Å². The fraction of sp³-hybridized carbons (Fsp3) is 0.267. The fourth-order valence-electron chi connectivity index (χ4n) is 1.96. The average molecular weight is 356 g/mol. The van der Waals surface area contributed by atoms with Gasteiger partial charge in [-0.2, -0.15) is 8.78 Å². The van der Waals surface area contributed by atoms with E-state index in [1.807, 2.05) is 0 Å². The number of rotatable bonds is 6. The number of ether oxygens (including phenoxy) is 1. The van der Waals surface area contributed by atoms with E-state index in [9.17, 15) is 18.4 Å². The van der Waals surface area contributed by atoms with Crippen LogP contribution in [0.2, 0.25) is 0 Å². The van der Waals surface area contributed by atoms with E-state index in [0.717, 1.165) is 11.3 Å². The third kappa shape index (κ3) is 4.25. The SMILES string of the molecule is Cc1nc(C(C)NC(=O)c2cccc(OC(F)F)c2)sc1C(=O)O. The summed E-state index contributed by atoms with van der Waals surface area (Å²) in [5.74, 6) is -1.71. The second-order valence-corrected chi connectivity index (χ2v) is 5.90. The zero-order chi connectivity index (χ0) is 17.9. The van der Waals surface area contributed by atoms with Crippen LogP contribution in [0.4, 0.5) is 8.78 Å². The molecule has 0 aliphatic rings. The van der Waals surface area contributed by atoms with Gasteiger partial charge in [0, 0.05) is 5.56 Å². The van der Waals surface area contributed by atoms with Crippen LogP contribution in [0.5, 0.6) is 5.75 Å². The lowest BCUT2D eigenvalue weighted by Crippen LogP contribution is -2.26. The summed E-state index contributed by atoms with van der Waals surface area (Å²) >= 11 is 0.975. The van der Waals surface area contributed by atoms with Gasteiger partial charge in [-0.05, 0) is 32.0 Å². The molecule has 24 heavy (non-hydrogen) atoms. The highest BCUT2D eigenvalue weighted by Crippen LogP contribution is 2.24. The molecule has 1 heterocycles. The summed E-state index contributed by atoms with van der Waals surface area (Å²) in [4.78, 5) is 27.5. The Morgan fingerprint density at radius 3 is 2.67 bits per heavy atom. The molecule has 1 amide bonds. The molecule has 0 aliphatic heterocycles. The molecule has 0 aliphatic carbocycles. The average Bonchev–Trinajstić information content (AvgIpc) is 2.89. The maximum absolute atomic E-state index is 12.2. The number of hydrogen-bond acceptors (Lipinski definition) is 5. The van der Waals surface area contributed by atoms with E-state index in [1.54, 1.807) is 13.8 Å². The van der Waals surface area contributed by atoms with Crippen LogP contribution < -0.4 is 10.1 Å². The molecular weight excluding hydrogens is 342 g/mol. The number of halogens is 2. The summed E-state index contributed by atoms with van der Waals surface area (Å²) in [7, 11) is 0. The molecule has 1 atom stereocenters. The van der Waals surface area contributed by atoms with Crippen molar-refractivity contribution < 1.29 is 28.2 Å². The lowest BCUT2D eigenvalue weighted by molar-refractivity contribution is -0.0498. The van der Waals surface area contributed by atoms with Gasteiger partial charge in [0.15, 0.2) is 0 Å². The van der Waals surface area contributed by atoms with Crippen LogP contribution >= 0.6 is 11.3 Å². The smallest absolute Gasteiger partial charge is 0.387 e. The first-order chi connectivity index (χ1) is 11.3. The van der Waals surface area contributed by atoms with Crippen molar-refractivity contribution in [1.29, 1.82) is 0 Å². The summed E-state index contributed by atoms with van der Waals surface area (Å²) in [5, 5.41) is 12.1. The summed E-state index contributed by atoms with van der Waals surface area (Å²) < 4.78 is 28.7. The van der Waals surface area contributed by atoms with Crippen molar-refractivity contribution in [3.63, 3.8) is 0 Å². The lowest BCUT2D eigenvalue weighted by Gasteiger charge is -2.12. The van der Waals surface area contributed by atoms with E-state index in [1.165, 1.54) is 24.3 Å². The van der Waals surface area contributed by atoms with Crippen molar-refractivity contribution in [2.75, 3.05) is 0 Å². The Balaban J connectivity index is 2.11. The van der Waals surface area contributed by atoms with Gasteiger partial charge in [0.2, 0.25) is 0 Å². The molecule has 1 unspecified atom stereocenters. The van der Waals surface area contributed by atoms with Gasteiger partial charge in [-0.1, -0.05) is 6.07 Å². The van der Waals surface area contributed by atoms with E-state index >= 15 is 0 Å². The van der Waals surface area contributed by atoms with Crippen LogP contribution in [0.1, 0.15) is 43.7 Å². The predicted molar refractivity (Wildman–Crippen MR) is 82.8 cm³/mol. The van der Waals surface area contributed by atoms with E-state index in [4.69, 9.17) is 5.11 Å². The molecule has 1 aromatic carbocycles. The summed E-state index contributed by atoms with van der Waals surface area (Å²) in [5.41, 5.74) is 0.516. The highest BCUT2D eigenvalue weighted by atomic mass is 32.1. The Hall–Kier alpha value is -2.55. The Morgan fingerprint density at radius 2 is 2.08 bits per heavy atom. The minimum absolute atomic E-state index is 0.110. The zero-order valence-electron chi connectivity index (χ0n) is 12.7. The monoisotopic (exact) mass is 356 g/mol. The number of amides is 1. The summed E-state index contributed by atoms with van der Waals surface area (Å²) in [6.45, 7) is 0.250. The number of carboxylic acid groups (broad SMARTS) is 1. The molecule has 6 nitrogen and oxygen atoms in total. The number of nitrogens with one attached hydrogen (secondary N) is 1. The number of benzene rings is 1. The van der Waals surface area contributed by atoms with Crippen LogP contribution in [-0.2, 0) is 0 Å². The molecule has 2 aromatic rings. The van der Waals surface area contributed by atoms with Crippen LogP contribution in [0.3, 0.4) is 0 Å². The Bertz CT molecular complexity index is 764. The number of carbonyl (C=O) groups is 2. The molecule has 0 saturated heterocycles. The van der Waals surface area contributed by atoms with E-state index in [2.05, 4.69) is 15.0 Å². The molecule has 0 spiro atoms. The lowest BCUT2D eigenvalue weighted by atomic mass is 10.2. The molecule has 2 N–H and O–H groups in total. The molecule has 0 radical (unpaired) electrons. The van der Waals surface area contributed by atoms with Crippen LogP contribution in [0.15, 0.2) is 24.3 Å². The third-order valence-electron chi connectivity index (χ3n) is 3.05. The zero-order valence-corrected chi connectivity index (χ0v) is 13.6. The number of carbonyl (C=O) groups excluding carboxylic acids is 1. The van der Waals surface area contributed by atoms with Crippen molar-refractivity contribution in [1.82, 2.24) is 10.3 Å². The van der Waals surface area contributed by atoms with Gasteiger partial charge >= 0.3 is 12.6 Å². The van der Waals surface area contributed by atoms with Gasteiger partial charge in [0.05, 0.1) is 11.7 Å². The normalized spacial score (nSPS) is 12.0. The standard InChI is InChI=1S/C15H14F2N2O4S/c1-7-11(14(21)22)24-13(19-7)8(2)18-12(20)9-4-3-5-10(6-9)23-15(16)17/h3-6,8,15H,1-2H3,(H,18,20)(H,21,22). The maximum Gasteiger partial charge on any atom is 0.387 e. The van der Waals surface area contributed by atoms with E-state index in [-0.39, 0.29) is 16.2 Å². The minimum Gasteiger partial charge on any atom is -0.477 e. The van der Waals surface area contributed by atoms with Crippen LogP contribution in [-0.4, -0.2) is 28.6 Å². The second kappa shape index (κ2) is 7.35. The third-order valence-corrected chi connectivity index (χ3v) is 4.37. The quantitative estimate of drug-likeness (QED) is 0.829. The molecular formula is C15H14F2N2O4S. The van der Waals surface area contributed by atoms with E-state index < -0.39 is 24.5 Å². The molecule has 0 saturated carbocycles. The molecule has 9 heteroatoms. The molecule has 1 aromatic heterocycles. The van der Waals surface area contributed by atoms with Gasteiger partial charge in [0.1, 0.15) is 15.6 Å². The number of carboxylic acids is 1. The van der Waals surface area contributed by atoms with Gasteiger partial charge in [-0.15, -0.1) is 11.3 Å². The predicted octanol–water partition coefficient (Wildman–Crippen LogP) is 3.24. The summed E-state index contributed by atoms with van der Waals surface area (Å²) in [6, 6.07) is 4.86. The molecule has 2 rings (SSSR count). The highest BCUT2D eigenvalue weighted by Gasteiger charge is 2.20. The Kier molecular flexibility index (Phi) is 5.45. The number of aromatic nitrogens is 1. The van der Waals surface area contributed by atoms with Crippen molar-refractivity contribution in [2.24, 2.45) is 0 Å². The van der Waals surface area contributed by atoms with Gasteiger partial charge in [-0.25, -0.2) is 9.78 Å². The van der Waals surface area contributed by atoms with E-state index in [0.29, 0.717) is 10.7 Å². The highest BCUT2D eigenvalue weighted by molar-refractivity contribution is 7.13. The van der Waals surface area contributed by atoms with Gasteiger partial charge < -0.3 is 15.2 Å². The largest absolute Gasteiger partial charge is 0.477 e. The molecule has 0 bridgehead atoms. The van der Waals surface area contributed by atoms with Crippen molar-refractivity contribution in [3.8, 4) is 5.75 Å². The first-order valence-electron chi connectivity index (χ1n) is 6.84. The minimum atomic E-state index is -2.98. The number of alkyl halides is 2.